The van der Waals surface area contributed by atoms with E-state index >= 15 is 0 Å². The SMILES string of the molecule is COc1ccc(N=C(N)c2ccccc2)cc1F. The summed E-state index contributed by atoms with van der Waals surface area (Å²) in [4.78, 5) is 4.16. The van der Waals surface area contributed by atoms with Gasteiger partial charge in [-0.25, -0.2) is 9.38 Å². The van der Waals surface area contributed by atoms with Crippen molar-refractivity contribution < 1.29 is 9.13 Å². The van der Waals surface area contributed by atoms with Crippen LogP contribution in [0.1, 0.15) is 5.56 Å². The number of halogens is 1. The Morgan fingerprint density at radius 2 is 1.89 bits per heavy atom. The number of hydrogen-bond acceptors (Lipinski definition) is 2. The van der Waals surface area contributed by atoms with Crippen LogP contribution in [0.2, 0.25) is 0 Å². The maximum absolute atomic E-state index is 13.5. The summed E-state index contributed by atoms with van der Waals surface area (Å²) in [6.45, 7) is 0. The summed E-state index contributed by atoms with van der Waals surface area (Å²) in [5, 5.41) is 0. The first-order valence-corrected chi connectivity index (χ1v) is 5.44. The average Bonchev–Trinajstić information content (AvgIpc) is 2.40. The lowest BCUT2D eigenvalue weighted by Gasteiger charge is -2.03. The smallest absolute Gasteiger partial charge is 0.167 e. The molecule has 0 aliphatic carbocycles. The molecule has 0 saturated heterocycles. The summed E-state index contributed by atoms with van der Waals surface area (Å²) >= 11 is 0. The van der Waals surface area contributed by atoms with Gasteiger partial charge in [0, 0.05) is 11.6 Å². The van der Waals surface area contributed by atoms with Gasteiger partial charge in [-0.3, -0.25) is 0 Å². The van der Waals surface area contributed by atoms with E-state index in [9.17, 15) is 4.39 Å². The largest absolute Gasteiger partial charge is 0.494 e. The van der Waals surface area contributed by atoms with Crippen LogP contribution in [0.4, 0.5) is 10.1 Å². The lowest BCUT2D eigenvalue weighted by atomic mass is 10.2. The fourth-order valence-corrected chi connectivity index (χ4v) is 1.54. The number of hydrogen-bond donors (Lipinski definition) is 1. The molecule has 0 unspecified atom stereocenters. The minimum Gasteiger partial charge on any atom is -0.494 e. The van der Waals surface area contributed by atoms with Crippen molar-refractivity contribution in [3.63, 3.8) is 0 Å². The van der Waals surface area contributed by atoms with Gasteiger partial charge in [0.05, 0.1) is 12.8 Å². The molecule has 2 aromatic carbocycles. The first-order valence-electron chi connectivity index (χ1n) is 5.44. The highest BCUT2D eigenvalue weighted by Gasteiger charge is 2.03. The van der Waals surface area contributed by atoms with Crippen molar-refractivity contribution in [3.8, 4) is 5.75 Å². The first-order chi connectivity index (χ1) is 8.70. The molecule has 0 aliphatic heterocycles. The Morgan fingerprint density at radius 3 is 2.50 bits per heavy atom. The molecule has 92 valence electrons. The Morgan fingerprint density at radius 1 is 1.17 bits per heavy atom. The van der Waals surface area contributed by atoms with Crippen molar-refractivity contribution in [2.45, 2.75) is 0 Å². The summed E-state index contributed by atoms with van der Waals surface area (Å²) in [6, 6.07) is 13.8. The minimum absolute atomic E-state index is 0.187. The fraction of sp³-hybridized carbons (Fsp3) is 0.0714. The minimum atomic E-state index is -0.459. The normalized spacial score (nSPS) is 11.3. The van der Waals surface area contributed by atoms with E-state index in [0.29, 0.717) is 11.5 Å². The van der Waals surface area contributed by atoms with Crippen molar-refractivity contribution in [1.82, 2.24) is 0 Å². The summed E-state index contributed by atoms with van der Waals surface area (Å²) in [5.41, 5.74) is 7.10. The molecule has 2 N–H and O–H groups in total. The molecule has 2 rings (SSSR count). The molecular formula is C14H13FN2O. The molecule has 0 aromatic heterocycles. The van der Waals surface area contributed by atoms with Crippen molar-refractivity contribution in [3.05, 3.63) is 59.9 Å². The van der Waals surface area contributed by atoms with Crippen LogP contribution in [0.15, 0.2) is 53.5 Å². The number of methoxy groups -OCH3 is 1. The predicted molar refractivity (Wildman–Crippen MR) is 69.8 cm³/mol. The number of rotatable bonds is 3. The third kappa shape index (κ3) is 2.66. The molecule has 0 amide bonds. The number of nitrogens with two attached hydrogens (primary N) is 1. The van der Waals surface area contributed by atoms with Crippen LogP contribution < -0.4 is 10.5 Å². The molecule has 3 nitrogen and oxygen atoms in total. The van der Waals surface area contributed by atoms with E-state index in [1.165, 1.54) is 19.2 Å². The zero-order chi connectivity index (χ0) is 13.0. The average molecular weight is 244 g/mol. The molecule has 0 bridgehead atoms. The van der Waals surface area contributed by atoms with E-state index in [-0.39, 0.29) is 5.75 Å². The molecule has 4 heteroatoms. The summed E-state index contributed by atoms with van der Waals surface area (Å²) < 4.78 is 18.3. The molecule has 0 fully saturated rings. The number of benzene rings is 2. The predicted octanol–water partition coefficient (Wildman–Crippen LogP) is 2.87. The van der Waals surface area contributed by atoms with Gasteiger partial charge < -0.3 is 10.5 Å². The van der Waals surface area contributed by atoms with E-state index in [2.05, 4.69) is 4.99 Å². The van der Waals surface area contributed by atoms with Gasteiger partial charge in [0.2, 0.25) is 0 Å². The Labute approximate surface area is 105 Å². The second kappa shape index (κ2) is 5.31. The summed E-state index contributed by atoms with van der Waals surface area (Å²) in [7, 11) is 1.42. The molecule has 0 atom stereocenters. The van der Waals surface area contributed by atoms with Crippen molar-refractivity contribution in [2.75, 3.05) is 7.11 Å². The van der Waals surface area contributed by atoms with Gasteiger partial charge in [-0.15, -0.1) is 0 Å². The van der Waals surface area contributed by atoms with Crippen LogP contribution in [-0.4, -0.2) is 12.9 Å². The van der Waals surface area contributed by atoms with Gasteiger partial charge in [-0.1, -0.05) is 30.3 Å². The molecule has 2 aromatic rings. The number of amidine groups is 1. The van der Waals surface area contributed by atoms with E-state index in [4.69, 9.17) is 10.5 Å². The van der Waals surface area contributed by atoms with Crippen molar-refractivity contribution in [1.29, 1.82) is 0 Å². The summed E-state index contributed by atoms with van der Waals surface area (Å²) in [5.74, 6) is 0.0759. The Hall–Kier alpha value is -2.36. The van der Waals surface area contributed by atoms with Gasteiger partial charge in [-0.2, -0.15) is 0 Å². The monoisotopic (exact) mass is 244 g/mol. The quantitative estimate of drug-likeness (QED) is 0.666. The highest BCUT2D eigenvalue weighted by molar-refractivity contribution is 5.98. The van der Waals surface area contributed by atoms with Gasteiger partial charge >= 0.3 is 0 Å². The molecule has 0 spiro atoms. The molecular weight excluding hydrogens is 231 g/mol. The van der Waals surface area contributed by atoms with Crippen LogP contribution in [0.25, 0.3) is 0 Å². The zero-order valence-corrected chi connectivity index (χ0v) is 9.93. The van der Waals surface area contributed by atoms with Gasteiger partial charge in [0.1, 0.15) is 5.84 Å². The molecule has 18 heavy (non-hydrogen) atoms. The molecule has 0 radical (unpaired) electrons. The van der Waals surface area contributed by atoms with Crippen LogP contribution in [-0.2, 0) is 0 Å². The highest BCUT2D eigenvalue weighted by Crippen LogP contribution is 2.22. The van der Waals surface area contributed by atoms with Crippen LogP contribution in [0.3, 0.4) is 0 Å². The standard InChI is InChI=1S/C14H13FN2O/c1-18-13-8-7-11(9-12(13)15)17-14(16)10-5-3-2-4-6-10/h2-9H,1H3,(H2,16,17). The lowest BCUT2D eigenvalue weighted by molar-refractivity contribution is 0.386. The molecule has 0 saturated carbocycles. The van der Waals surface area contributed by atoms with E-state index in [1.54, 1.807) is 6.07 Å². The van der Waals surface area contributed by atoms with Gasteiger partial charge in [-0.05, 0) is 12.1 Å². The fourth-order valence-electron chi connectivity index (χ4n) is 1.54. The molecule has 0 heterocycles. The Kier molecular flexibility index (Phi) is 3.57. The Balaban J connectivity index is 2.31. The topological polar surface area (TPSA) is 47.6 Å². The maximum atomic E-state index is 13.5. The van der Waals surface area contributed by atoms with Crippen LogP contribution in [0, 0.1) is 5.82 Å². The van der Waals surface area contributed by atoms with E-state index < -0.39 is 5.82 Å². The maximum Gasteiger partial charge on any atom is 0.167 e. The van der Waals surface area contributed by atoms with Crippen LogP contribution >= 0.6 is 0 Å². The first kappa shape index (κ1) is 12.1. The number of nitrogens with zero attached hydrogens (tertiary/aromatic N) is 1. The van der Waals surface area contributed by atoms with Crippen molar-refractivity contribution >= 4 is 11.5 Å². The van der Waals surface area contributed by atoms with Gasteiger partial charge in [0.25, 0.3) is 0 Å². The highest BCUT2D eigenvalue weighted by atomic mass is 19.1. The third-order valence-corrected chi connectivity index (χ3v) is 2.45. The zero-order valence-electron chi connectivity index (χ0n) is 9.93. The van der Waals surface area contributed by atoms with Gasteiger partial charge in [0.15, 0.2) is 11.6 Å². The van der Waals surface area contributed by atoms with Crippen LogP contribution in [0.5, 0.6) is 5.75 Å². The number of ether oxygens (including phenoxy) is 1. The van der Waals surface area contributed by atoms with E-state index in [0.717, 1.165) is 5.56 Å². The second-order valence-corrected chi connectivity index (χ2v) is 3.68. The third-order valence-electron chi connectivity index (χ3n) is 2.45. The van der Waals surface area contributed by atoms with Crippen molar-refractivity contribution in [2.24, 2.45) is 10.7 Å². The lowest BCUT2D eigenvalue weighted by Crippen LogP contribution is -2.12. The number of aliphatic imine (C=N–C) groups is 1. The van der Waals surface area contributed by atoms with E-state index in [1.807, 2.05) is 30.3 Å². The molecule has 0 aliphatic rings. The Bertz CT molecular complexity index is 567. The second-order valence-electron chi connectivity index (χ2n) is 3.68. The summed E-state index contributed by atoms with van der Waals surface area (Å²) in [6.07, 6.45) is 0.